The Kier molecular flexibility index (Phi) is 3.90. The molecule has 1 atom stereocenters. The molecule has 1 heterocycles. The van der Waals surface area contributed by atoms with Crippen molar-refractivity contribution in [3.63, 3.8) is 0 Å². The molecule has 0 amide bonds. The van der Waals surface area contributed by atoms with Crippen molar-refractivity contribution in [2.24, 2.45) is 0 Å². The van der Waals surface area contributed by atoms with Crippen LogP contribution in [0.5, 0.6) is 0 Å². The van der Waals surface area contributed by atoms with E-state index >= 15 is 0 Å². The van der Waals surface area contributed by atoms with E-state index in [0.29, 0.717) is 0 Å². The van der Waals surface area contributed by atoms with Gasteiger partial charge in [0.1, 0.15) is 0 Å². The van der Waals surface area contributed by atoms with Gasteiger partial charge in [-0.15, -0.1) is 9.42 Å². The van der Waals surface area contributed by atoms with Crippen LogP contribution in [-0.2, 0) is 9.09 Å². The van der Waals surface area contributed by atoms with Gasteiger partial charge in [0.2, 0.25) is 0 Å². The minimum Gasteiger partial charge on any atom is -0.314 e. The fraction of sp³-hybridized carbons (Fsp3) is 1.00. The van der Waals surface area contributed by atoms with Crippen LogP contribution in [0.3, 0.4) is 0 Å². The predicted octanol–water partition coefficient (Wildman–Crippen LogP) is -0.485. The summed E-state index contributed by atoms with van der Waals surface area (Å²) in [5, 5.41) is 3.17. The van der Waals surface area contributed by atoms with Gasteiger partial charge in [-0.2, -0.15) is 0 Å². The van der Waals surface area contributed by atoms with Crippen molar-refractivity contribution < 1.29 is 14.0 Å². The lowest BCUT2D eigenvalue weighted by atomic mass is 10.4. The van der Waals surface area contributed by atoms with Crippen LogP contribution >= 0.6 is 8.25 Å². The van der Waals surface area contributed by atoms with E-state index < -0.39 is 8.25 Å². The van der Waals surface area contributed by atoms with Crippen molar-refractivity contribution in [1.82, 2.24) is 10.2 Å². The van der Waals surface area contributed by atoms with E-state index in [9.17, 15) is 4.57 Å². The average Bonchev–Trinajstić information content (AvgIpc) is 2.03. The molecule has 5 nitrogen and oxygen atoms in total. The van der Waals surface area contributed by atoms with E-state index in [2.05, 4.69) is 9.84 Å². The van der Waals surface area contributed by atoms with Gasteiger partial charge in [0.25, 0.3) is 0 Å². The van der Waals surface area contributed by atoms with Gasteiger partial charge in [0, 0.05) is 30.7 Å². The van der Waals surface area contributed by atoms with E-state index in [1.165, 1.54) is 0 Å². The largest absolute Gasteiger partial charge is 0.696 e. The van der Waals surface area contributed by atoms with Crippen molar-refractivity contribution in [3.8, 4) is 0 Å². The van der Waals surface area contributed by atoms with Crippen LogP contribution in [0.25, 0.3) is 0 Å². The van der Waals surface area contributed by atoms with Gasteiger partial charge >= 0.3 is 8.25 Å². The summed E-state index contributed by atoms with van der Waals surface area (Å²) in [5.41, 5.74) is 0. The summed E-state index contributed by atoms with van der Waals surface area (Å²) in [4.78, 5) is 10.3. The van der Waals surface area contributed by atoms with Crippen LogP contribution in [0.1, 0.15) is 0 Å². The highest BCUT2D eigenvalue weighted by atomic mass is 31.1. The zero-order valence-corrected chi connectivity index (χ0v) is 7.09. The highest BCUT2D eigenvalue weighted by Crippen LogP contribution is 2.14. The summed E-state index contributed by atoms with van der Waals surface area (Å²) in [6.07, 6.45) is 0. The Hall–Kier alpha value is -0.0600. The van der Waals surface area contributed by atoms with Crippen LogP contribution in [0, 0.1) is 0 Å². The highest BCUT2D eigenvalue weighted by molar-refractivity contribution is 7.32. The number of piperazine rings is 1. The minimum absolute atomic E-state index is 0.257. The van der Waals surface area contributed by atoms with E-state index in [1.54, 1.807) is 0 Å². The summed E-state index contributed by atoms with van der Waals surface area (Å²) in [6, 6.07) is 0. The maximum Gasteiger partial charge on any atom is 0.696 e. The molecule has 0 aromatic heterocycles. The molecule has 64 valence electrons. The first-order valence-electron chi connectivity index (χ1n) is 3.51. The fourth-order valence-corrected chi connectivity index (χ4v) is 1.23. The third kappa shape index (κ3) is 3.74. The smallest absolute Gasteiger partial charge is 0.314 e. The summed E-state index contributed by atoms with van der Waals surface area (Å²) >= 11 is 0. The molecular formula is C5H12N2O3P+. The van der Waals surface area contributed by atoms with E-state index in [-0.39, 0.29) is 6.73 Å². The lowest BCUT2D eigenvalue weighted by Crippen LogP contribution is -2.43. The monoisotopic (exact) mass is 179 g/mol. The normalized spacial score (nSPS) is 21.7. The van der Waals surface area contributed by atoms with Crippen LogP contribution in [0.15, 0.2) is 0 Å². The number of nitrogens with zero attached hydrogens (tertiary/aromatic N) is 1. The molecule has 1 fully saturated rings. The van der Waals surface area contributed by atoms with Gasteiger partial charge in [0.05, 0.1) is 0 Å². The Morgan fingerprint density at radius 3 is 2.73 bits per heavy atom. The second-order valence-corrected chi connectivity index (χ2v) is 3.10. The first-order valence-corrected chi connectivity index (χ1v) is 4.64. The second-order valence-electron chi connectivity index (χ2n) is 2.36. The van der Waals surface area contributed by atoms with Gasteiger partial charge < -0.3 is 5.32 Å². The summed E-state index contributed by atoms with van der Waals surface area (Å²) in [5.74, 6) is 0. The van der Waals surface area contributed by atoms with Gasteiger partial charge in [0.15, 0.2) is 6.73 Å². The lowest BCUT2D eigenvalue weighted by molar-refractivity contribution is 0.109. The molecule has 0 spiro atoms. The van der Waals surface area contributed by atoms with E-state index in [4.69, 9.17) is 4.89 Å². The van der Waals surface area contributed by atoms with Gasteiger partial charge in [-0.05, 0) is 0 Å². The number of rotatable bonds is 3. The lowest BCUT2D eigenvalue weighted by Gasteiger charge is -2.24. The highest BCUT2D eigenvalue weighted by Gasteiger charge is 2.16. The molecule has 1 rings (SSSR count). The van der Waals surface area contributed by atoms with Gasteiger partial charge in [-0.25, -0.2) is 0 Å². The average molecular weight is 179 g/mol. The van der Waals surface area contributed by atoms with Crippen molar-refractivity contribution in [1.29, 1.82) is 0 Å². The van der Waals surface area contributed by atoms with Gasteiger partial charge in [-0.1, -0.05) is 0 Å². The molecule has 0 aliphatic carbocycles. The quantitative estimate of drug-likeness (QED) is 0.573. The summed E-state index contributed by atoms with van der Waals surface area (Å²) in [7, 11) is -2.44. The molecule has 1 aliphatic rings. The molecule has 6 heteroatoms. The number of nitrogens with one attached hydrogen (secondary N) is 1. The molecule has 1 saturated heterocycles. The summed E-state index contributed by atoms with van der Waals surface area (Å²) < 4.78 is 14.7. The molecule has 0 aromatic carbocycles. The number of hydrogen-bond donors (Lipinski definition) is 2. The maximum atomic E-state index is 10.1. The fourth-order valence-electron chi connectivity index (χ4n) is 0.971. The van der Waals surface area contributed by atoms with Crippen LogP contribution in [0.2, 0.25) is 0 Å². The molecule has 0 saturated carbocycles. The molecule has 0 aromatic rings. The topological polar surface area (TPSA) is 61.8 Å². The molecule has 11 heavy (non-hydrogen) atoms. The molecule has 1 unspecified atom stereocenters. The Morgan fingerprint density at radius 1 is 1.55 bits per heavy atom. The molecule has 2 N–H and O–H groups in total. The van der Waals surface area contributed by atoms with Gasteiger partial charge in [-0.3, -0.25) is 4.90 Å². The van der Waals surface area contributed by atoms with Crippen molar-refractivity contribution in [2.75, 3.05) is 32.9 Å². The molecule has 0 radical (unpaired) electrons. The first kappa shape index (κ1) is 9.03. The van der Waals surface area contributed by atoms with Crippen LogP contribution in [0.4, 0.5) is 0 Å². The zero-order chi connectivity index (χ0) is 8.10. The number of hydrogen-bond acceptors (Lipinski definition) is 4. The third-order valence-corrected chi connectivity index (χ3v) is 1.90. The zero-order valence-electron chi connectivity index (χ0n) is 6.19. The standard InChI is InChI=1S/C5H11N2O3P/c8-11(9)10-5-7-3-1-6-2-4-7/h6H,1-5H2/p+1. The molecule has 0 bridgehead atoms. The van der Waals surface area contributed by atoms with Crippen molar-refractivity contribution in [3.05, 3.63) is 0 Å². The Bertz CT molecular complexity index is 138. The van der Waals surface area contributed by atoms with Crippen LogP contribution in [-0.4, -0.2) is 42.7 Å². The second kappa shape index (κ2) is 4.74. The van der Waals surface area contributed by atoms with Crippen molar-refractivity contribution >= 4 is 8.25 Å². The van der Waals surface area contributed by atoms with Crippen molar-refractivity contribution in [2.45, 2.75) is 0 Å². The Morgan fingerprint density at radius 2 is 2.18 bits per heavy atom. The van der Waals surface area contributed by atoms with Crippen LogP contribution < -0.4 is 5.32 Å². The predicted molar refractivity (Wildman–Crippen MR) is 40.2 cm³/mol. The third-order valence-electron chi connectivity index (χ3n) is 1.56. The Labute approximate surface area is 66.3 Å². The molecule has 1 aliphatic heterocycles. The summed E-state index contributed by atoms with van der Waals surface area (Å²) in [6.45, 7) is 3.86. The molecular weight excluding hydrogens is 167 g/mol. The Balaban J connectivity index is 2.09. The maximum absolute atomic E-state index is 10.1. The minimum atomic E-state index is -2.44. The SMILES string of the molecule is O=[P+](O)OCN1CCNCC1. The first-order chi connectivity index (χ1) is 5.29. The van der Waals surface area contributed by atoms with E-state index in [0.717, 1.165) is 26.2 Å². The van der Waals surface area contributed by atoms with E-state index in [1.807, 2.05) is 4.90 Å².